The molecule has 0 fully saturated rings. The lowest BCUT2D eigenvalue weighted by Crippen LogP contribution is -2.33. The summed E-state index contributed by atoms with van der Waals surface area (Å²) in [6.07, 6.45) is 5.34. The Morgan fingerprint density at radius 3 is 2.79 bits per heavy atom. The van der Waals surface area contributed by atoms with E-state index in [1.54, 1.807) is 18.5 Å². The molecule has 4 aromatic rings. The molecular formula is C23H22ClFN8O. The molecule has 1 aliphatic rings. The molecule has 0 bridgehead atoms. The number of hydrazine groups is 1. The smallest absolute Gasteiger partial charge is 0.204 e. The van der Waals surface area contributed by atoms with Gasteiger partial charge in [-0.15, -0.1) is 0 Å². The van der Waals surface area contributed by atoms with Gasteiger partial charge in [0.05, 0.1) is 10.5 Å². The Morgan fingerprint density at radius 2 is 2.03 bits per heavy atom. The monoisotopic (exact) mass is 480 g/mol. The van der Waals surface area contributed by atoms with Gasteiger partial charge in [-0.05, 0) is 36.4 Å². The first-order valence-corrected chi connectivity index (χ1v) is 10.9. The van der Waals surface area contributed by atoms with Crippen molar-refractivity contribution in [2.45, 2.75) is 13.1 Å². The minimum absolute atomic E-state index is 0.200. The number of hydrogen-bond donors (Lipinski definition) is 3. The number of amidine groups is 1. The molecule has 9 nitrogen and oxygen atoms in total. The van der Waals surface area contributed by atoms with Crippen molar-refractivity contribution >= 4 is 28.3 Å². The first-order valence-electron chi connectivity index (χ1n) is 10.6. The fourth-order valence-electron chi connectivity index (χ4n) is 4.10. The predicted molar refractivity (Wildman–Crippen MR) is 128 cm³/mol. The number of nitrogens with zero attached hydrogens (tertiary/aromatic N) is 5. The van der Waals surface area contributed by atoms with Gasteiger partial charge in [-0.2, -0.15) is 5.10 Å². The number of rotatable bonds is 4. The van der Waals surface area contributed by atoms with Crippen LogP contribution in [0.25, 0.3) is 16.6 Å². The van der Waals surface area contributed by atoms with Crippen molar-refractivity contribution in [1.82, 2.24) is 24.9 Å². The number of fused-ring (bicyclic) bond motifs is 2. The average Bonchev–Trinajstić information content (AvgIpc) is 3.14. The summed E-state index contributed by atoms with van der Waals surface area (Å²) < 4.78 is 21.6. The van der Waals surface area contributed by atoms with E-state index in [4.69, 9.17) is 28.0 Å². The maximum absolute atomic E-state index is 13.6. The molecule has 0 unspecified atom stereocenters. The predicted octanol–water partition coefficient (Wildman–Crippen LogP) is 2.69. The van der Waals surface area contributed by atoms with Crippen molar-refractivity contribution in [2.24, 2.45) is 16.8 Å². The molecule has 0 saturated carbocycles. The number of benzene rings is 2. The van der Waals surface area contributed by atoms with E-state index in [0.717, 1.165) is 27.7 Å². The second-order valence-electron chi connectivity index (χ2n) is 7.90. The maximum Gasteiger partial charge on any atom is 0.204 e. The minimum atomic E-state index is -0.267. The highest BCUT2D eigenvalue weighted by Gasteiger charge is 2.20. The minimum Gasteiger partial charge on any atom is -0.490 e. The summed E-state index contributed by atoms with van der Waals surface area (Å²) in [6.45, 7) is 2.44. The number of nitrogens with two attached hydrogens (primary N) is 2. The van der Waals surface area contributed by atoms with Crippen LogP contribution in [0.5, 0.6) is 5.75 Å². The lowest BCUT2D eigenvalue weighted by molar-refractivity contribution is 0.219. The van der Waals surface area contributed by atoms with Gasteiger partial charge in [-0.25, -0.2) is 20.2 Å². The van der Waals surface area contributed by atoms with E-state index in [0.29, 0.717) is 42.8 Å². The molecule has 34 heavy (non-hydrogen) atoms. The molecular weight excluding hydrogens is 459 g/mol. The molecule has 5 rings (SSSR count). The quantitative estimate of drug-likeness (QED) is 0.178. The topological polar surface area (TPSA) is 120 Å². The van der Waals surface area contributed by atoms with Crippen molar-refractivity contribution in [3.8, 4) is 11.4 Å². The average molecular weight is 481 g/mol. The Kier molecular flexibility index (Phi) is 6.01. The van der Waals surface area contributed by atoms with Crippen molar-refractivity contribution in [3.63, 3.8) is 0 Å². The number of nitrogens with one attached hydrogen (secondary N) is 1. The zero-order valence-corrected chi connectivity index (χ0v) is 18.8. The van der Waals surface area contributed by atoms with Crippen molar-refractivity contribution in [2.75, 3.05) is 13.2 Å². The lowest BCUT2D eigenvalue weighted by Gasteiger charge is -2.19. The van der Waals surface area contributed by atoms with Crippen LogP contribution < -0.4 is 21.8 Å². The molecule has 0 atom stereocenters. The second kappa shape index (κ2) is 9.26. The Balaban J connectivity index is 1.42. The summed E-state index contributed by atoms with van der Waals surface area (Å²) in [6, 6.07) is 10.5. The van der Waals surface area contributed by atoms with Crippen molar-refractivity contribution in [3.05, 3.63) is 82.8 Å². The molecule has 0 saturated heterocycles. The van der Waals surface area contributed by atoms with E-state index in [1.165, 1.54) is 12.1 Å². The van der Waals surface area contributed by atoms with E-state index < -0.39 is 0 Å². The van der Waals surface area contributed by atoms with Crippen LogP contribution in [-0.2, 0) is 13.1 Å². The van der Waals surface area contributed by atoms with Crippen LogP contribution in [0.4, 0.5) is 4.39 Å². The third-order valence-corrected chi connectivity index (χ3v) is 5.95. The van der Waals surface area contributed by atoms with Gasteiger partial charge in [0.25, 0.3) is 0 Å². The molecule has 11 heteroatoms. The summed E-state index contributed by atoms with van der Waals surface area (Å²) in [4.78, 5) is 10.8. The fourth-order valence-corrected chi connectivity index (χ4v) is 4.39. The summed E-state index contributed by atoms with van der Waals surface area (Å²) in [5.41, 5.74) is 6.02. The molecule has 174 valence electrons. The lowest BCUT2D eigenvalue weighted by atomic mass is 10.1. The van der Waals surface area contributed by atoms with E-state index >= 15 is 0 Å². The molecule has 2 aromatic heterocycles. The maximum atomic E-state index is 13.6. The number of aromatic nitrogens is 3. The Morgan fingerprint density at radius 1 is 1.21 bits per heavy atom. The standard InChI is InChI=1S/C23H22ClFN8O/c24-19-9-18(33-4-3-15-7-17(25)1-2-20(15)33)8-16-13-32(5-6-34-21(16)19)12-14-10-28-22(29-11-14)23(30-26)31-27/h1-4,7-11H,5-6,12-13,26-27H2,(H,30,31). The largest absolute Gasteiger partial charge is 0.490 e. The van der Waals surface area contributed by atoms with Gasteiger partial charge in [0.15, 0.2) is 5.82 Å². The molecule has 0 radical (unpaired) electrons. The molecule has 0 aliphatic carbocycles. The zero-order chi connectivity index (χ0) is 23.7. The number of halogens is 2. The van der Waals surface area contributed by atoms with Gasteiger partial charge in [0.1, 0.15) is 18.2 Å². The Bertz CT molecular complexity index is 1370. The fraction of sp³-hybridized carbons (Fsp3) is 0.174. The highest BCUT2D eigenvalue weighted by molar-refractivity contribution is 6.32. The van der Waals surface area contributed by atoms with Crippen LogP contribution in [0.2, 0.25) is 5.02 Å². The Hall–Kier alpha value is -3.73. The van der Waals surface area contributed by atoms with E-state index in [9.17, 15) is 4.39 Å². The highest BCUT2D eigenvalue weighted by atomic mass is 35.5. The van der Waals surface area contributed by atoms with Gasteiger partial charge in [-0.3, -0.25) is 4.90 Å². The zero-order valence-electron chi connectivity index (χ0n) is 18.1. The summed E-state index contributed by atoms with van der Waals surface area (Å²) in [5.74, 6) is 11.6. The first kappa shape index (κ1) is 22.1. The number of hydrogen-bond acceptors (Lipinski definition) is 7. The van der Waals surface area contributed by atoms with E-state index in [2.05, 4.69) is 31.5 Å². The molecule has 3 heterocycles. The van der Waals surface area contributed by atoms with E-state index in [-0.39, 0.29) is 11.7 Å². The van der Waals surface area contributed by atoms with Crippen LogP contribution >= 0.6 is 11.6 Å². The SMILES string of the molecule is N/N=C(\NN)c1ncc(CN2CCOc3c(Cl)cc(-n4ccc5cc(F)ccc54)cc3C2)cn1. The van der Waals surface area contributed by atoms with Crippen LogP contribution in [-0.4, -0.2) is 38.4 Å². The van der Waals surface area contributed by atoms with Crippen LogP contribution in [0.1, 0.15) is 17.0 Å². The third kappa shape index (κ3) is 4.26. The van der Waals surface area contributed by atoms with Crippen molar-refractivity contribution < 1.29 is 9.13 Å². The first-order chi connectivity index (χ1) is 16.6. The molecule has 0 spiro atoms. The second-order valence-corrected chi connectivity index (χ2v) is 8.31. The van der Waals surface area contributed by atoms with Gasteiger partial charge >= 0.3 is 0 Å². The summed E-state index contributed by atoms with van der Waals surface area (Å²) >= 11 is 6.62. The van der Waals surface area contributed by atoms with Gasteiger partial charge in [0, 0.05) is 60.4 Å². The van der Waals surface area contributed by atoms with Crippen LogP contribution in [0, 0.1) is 5.82 Å². The molecule has 5 N–H and O–H groups in total. The summed E-state index contributed by atoms with van der Waals surface area (Å²) in [7, 11) is 0. The van der Waals surface area contributed by atoms with Gasteiger partial charge in [-0.1, -0.05) is 11.6 Å². The normalized spacial score (nSPS) is 14.5. The molecule has 2 aromatic carbocycles. The van der Waals surface area contributed by atoms with Crippen LogP contribution in [0.15, 0.2) is 60.1 Å². The highest BCUT2D eigenvalue weighted by Crippen LogP contribution is 2.35. The van der Waals surface area contributed by atoms with Gasteiger partial charge < -0.3 is 20.6 Å². The number of hydrazone groups is 1. The summed E-state index contributed by atoms with van der Waals surface area (Å²) in [5, 5.41) is 4.87. The van der Waals surface area contributed by atoms with Crippen LogP contribution in [0.3, 0.4) is 0 Å². The third-order valence-electron chi connectivity index (χ3n) is 5.67. The number of ether oxygens (including phenoxy) is 1. The Labute approximate surface area is 199 Å². The molecule has 1 aliphatic heterocycles. The van der Waals surface area contributed by atoms with E-state index in [1.807, 2.05) is 22.9 Å². The van der Waals surface area contributed by atoms with Gasteiger partial charge in [0.2, 0.25) is 5.84 Å². The van der Waals surface area contributed by atoms with Crippen molar-refractivity contribution in [1.29, 1.82) is 0 Å². The molecule has 0 amide bonds.